The number of thiazole rings is 1. The lowest BCUT2D eigenvalue weighted by atomic mass is 10.1. The Labute approximate surface area is 173 Å². The van der Waals surface area contributed by atoms with Crippen LogP contribution in [0.2, 0.25) is 0 Å². The van der Waals surface area contributed by atoms with Crippen LogP contribution in [-0.2, 0) is 13.0 Å². The molecule has 0 atom stereocenters. The lowest BCUT2D eigenvalue weighted by molar-refractivity contribution is 0.0736. The molecule has 8 heteroatoms. The number of carbonyl (C=O) groups excluding carboxylic acids is 2. The molecule has 4 rings (SSSR count). The number of rotatable bonds is 4. The van der Waals surface area contributed by atoms with E-state index >= 15 is 0 Å². The average molecular weight is 410 g/mol. The van der Waals surface area contributed by atoms with Crippen molar-refractivity contribution in [1.29, 1.82) is 0 Å². The highest BCUT2D eigenvalue weighted by Crippen LogP contribution is 2.29. The van der Waals surface area contributed by atoms with Crippen LogP contribution >= 0.6 is 11.3 Å². The van der Waals surface area contributed by atoms with Crippen LogP contribution in [0.15, 0.2) is 48.8 Å². The van der Waals surface area contributed by atoms with Crippen LogP contribution in [0.1, 0.15) is 34.8 Å². The van der Waals surface area contributed by atoms with E-state index in [1.807, 2.05) is 72.1 Å². The number of nitrogens with one attached hydrogen (secondary N) is 2. The minimum absolute atomic E-state index is 0.00941. The second-order valence-corrected chi connectivity index (χ2v) is 8.34. The van der Waals surface area contributed by atoms with Crippen LogP contribution < -0.4 is 10.6 Å². The van der Waals surface area contributed by atoms with Crippen molar-refractivity contribution in [2.45, 2.75) is 32.9 Å². The Bertz CT molecular complexity index is 1010. The fraction of sp³-hybridized carbons (Fsp3) is 0.286. The number of amides is 3. The first-order valence-electron chi connectivity index (χ1n) is 9.58. The molecule has 1 aliphatic rings. The number of hydrogen-bond acceptors (Lipinski definition) is 4. The van der Waals surface area contributed by atoms with Gasteiger partial charge in [0.25, 0.3) is 5.91 Å². The normalized spacial score (nSPS) is 13.3. The number of anilines is 1. The van der Waals surface area contributed by atoms with Crippen LogP contribution in [0.4, 0.5) is 9.93 Å². The van der Waals surface area contributed by atoms with Crippen molar-refractivity contribution in [2.75, 3.05) is 11.9 Å². The summed E-state index contributed by atoms with van der Waals surface area (Å²) in [7, 11) is 0. The molecule has 29 heavy (non-hydrogen) atoms. The zero-order valence-electron chi connectivity index (χ0n) is 16.4. The molecular formula is C21H23N5O2S. The predicted molar refractivity (Wildman–Crippen MR) is 114 cm³/mol. The minimum Gasteiger partial charge on any atom is -0.336 e. The van der Waals surface area contributed by atoms with Crippen molar-refractivity contribution >= 4 is 28.4 Å². The van der Waals surface area contributed by atoms with E-state index in [0.717, 1.165) is 16.3 Å². The van der Waals surface area contributed by atoms with Gasteiger partial charge < -0.3 is 14.8 Å². The van der Waals surface area contributed by atoms with Crippen molar-refractivity contribution in [2.24, 2.45) is 0 Å². The van der Waals surface area contributed by atoms with E-state index in [-0.39, 0.29) is 18.0 Å². The van der Waals surface area contributed by atoms with E-state index in [0.29, 0.717) is 30.2 Å². The Balaban J connectivity index is 1.43. The lowest BCUT2D eigenvalue weighted by Crippen LogP contribution is -2.35. The lowest BCUT2D eigenvalue weighted by Gasteiger charge is -2.26. The fourth-order valence-corrected chi connectivity index (χ4v) is 4.30. The topological polar surface area (TPSA) is 79.3 Å². The van der Waals surface area contributed by atoms with Gasteiger partial charge in [0.05, 0.1) is 12.2 Å². The predicted octanol–water partition coefficient (Wildman–Crippen LogP) is 3.66. The molecule has 3 heterocycles. The van der Waals surface area contributed by atoms with Gasteiger partial charge in [-0.2, -0.15) is 0 Å². The van der Waals surface area contributed by atoms with Gasteiger partial charge >= 0.3 is 6.03 Å². The molecule has 7 nitrogen and oxygen atoms in total. The monoisotopic (exact) mass is 409 g/mol. The van der Waals surface area contributed by atoms with Crippen LogP contribution in [0.5, 0.6) is 0 Å². The van der Waals surface area contributed by atoms with Gasteiger partial charge in [0.1, 0.15) is 0 Å². The fourth-order valence-electron chi connectivity index (χ4n) is 3.28. The number of aromatic nitrogens is 2. The summed E-state index contributed by atoms with van der Waals surface area (Å²) in [5, 5.41) is 6.13. The quantitative estimate of drug-likeness (QED) is 0.690. The first-order valence-corrected chi connectivity index (χ1v) is 10.4. The summed E-state index contributed by atoms with van der Waals surface area (Å²) in [6, 6.07) is 11.4. The molecule has 0 bridgehead atoms. The largest absolute Gasteiger partial charge is 0.336 e. The number of benzene rings is 1. The van der Waals surface area contributed by atoms with Gasteiger partial charge in [0.2, 0.25) is 0 Å². The Morgan fingerprint density at radius 3 is 2.55 bits per heavy atom. The van der Waals surface area contributed by atoms with Crippen LogP contribution in [0.3, 0.4) is 0 Å². The van der Waals surface area contributed by atoms with Crippen LogP contribution in [0.25, 0.3) is 5.69 Å². The van der Waals surface area contributed by atoms with E-state index in [4.69, 9.17) is 0 Å². The summed E-state index contributed by atoms with van der Waals surface area (Å²) in [4.78, 5) is 32.2. The van der Waals surface area contributed by atoms with Crippen molar-refractivity contribution in [1.82, 2.24) is 19.8 Å². The number of nitrogens with zero attached hydrogens (tertiary/aromatic N) is 3. The van der Waals surface area contributed by atoms with Crippen molar-refractivity contribution < 1.29 is 9.59 Å². The summed E-state index contributed by atoms with van der Waals surface area (Å²) >= 11 is 1.43. The third-order valence-electron chi connectivity index (χ3n) is 4.68. The van der Waals surface area contributed by atoms with Gasteiger partial charge in [0.15, 0.2) is 5.13 Å². The van der Waals surface area contributed by atoms with Gasteiger partial charge in [-0.05, 0) is 50.2 Å². The summed E-state index contributed by atoms with van der Waals surface area (Å²) < 4.78 is 2.00. The maximum Gasteiger partial charge on any atom is 0.321 e. The summed E-state index contributed by atoms with van der Waals surface area (Å²) in [6.07, 6.45) is 4.63. The molecule has 0 saturated carbocycles. The van der Waals surface area contributed by atoms with E-state index in [1.54, 1.807) is 0 Å². The highest BCUT2D eigenvalue weighted by atomic mass is 32.1. The summed E-state index contributed by atoms with van der Waals surface area (Å²) in [6.45, 7) is 4.94. The molecule has 0 saturated heterocycles. The molecular weight excluding hydrogens is 386 g/mol. The highest BCUT2D eigenvalue weighted by Gasteiger charge is 2.25. The molecule has 1 aromatic carbocycles. The molecule has 0 radical (unpaired) electrons. The SMILES string of the molecule is CC(C)NC(=O)Nc1nc2c(s1)CN(C(=O)c1ccc(-n3cccc3)cc1)CC2. The van der Waals surface area contributed by atoms with E-state index < -0.39 is 0 Å². The Hall–Kier alpha value is -3.13. The zero-order valence-corrected chi connectivity index (χ0v) is 17.2. The third-order valence-corrected chi connectivity index (χ3v) is 5.67. The van der Waals surface area contributed by atoms with Crippen molar-refractivity contribution in [3.05, 3.63) is 64.9 Å². The maximum absolute atomic E-state index is 12.9. The summed E-state index contributed by atoms with van der Waals surface area (Å²) in [5.41, 5.74) is 2.65. The maximum atomic E-state index is 12.9. The Morgan fingerprint density at radius 2 is 1.86 bits per heavy atom. The second-order valence-electron chi connectivity index (χ2n) is 7.26. The molecule has 3 amide bonds. The number of urea groups is 1. The second kappa shape index (κ2) is 8.08. The Morgan fingerprint density at radius 1 is 1.14 bits per heavy atom. The molecule has 3 aromatic rings. The molecule has 0 spiro atoms. The van der Waals surface area contributed by atoms with Gasteiger partial charge in [-0.1, -0.05) is 11.3 Å². The first-order chi connectivity index (χ1) is 14.0. The highest BCUT2D eigenvalue weighted by molar-refractivity contribution is 7.15. The van der Waals surface area contributed by atoms with Crippen molar-refractivity contribution in [3.63, 3.8) is 0 Å². The third kappa shape index (κ3) is 4.32. The number of fused-ring (bicyclic) bond motifs is 1. The molecule has 0 aliphatic carbocycles. The first kappa shape index (κ1) is 19.2. The van der Waals surface area contributed by atoms with Crippen LogP contribution in [0, 0.1) is 0 Å². The standard InChI is InChI=1S/C21H23N5O2S/c1-14(2)22-20(28)24-21-23-17-9-12-26(13-18(17)29-21)19(27)15-5-7-16(8-6-15)25-10-3-4-11-25/h3-8,10-11,14H,9,12-13H2,1-2H3,(H2,22,23,24,28). The van der Waals surface area contributed by atoms with E-state index in [1.165, 1.54) is 11.3 Å². The van der Waals surface area contributed by atoms with E-state index in [2.05, 4.69) is 15.6 Å². The Kier molecular flexibility index (Phi) is 5.35. The molecule has 0 unspecified atom stereocenters. The van der Waals surface area contributed by atoms with Crippen LogP contribution in [-0.4, -0.2) is 39.0 Å². The number of carbonyl (C=O) groups is 2. The zero-order chi connectivity index (χ0) is 20.4. The molecule has 0 fully saturated rings. The smallest absolute Gasteiger partial charge is 0.321 e. The molecule has 1 aliphatic heterocycles. The minimum atomic E-state index is -0.262. The summed E-state index contributed by atoms with van der Waals surface area (Å²) in [5.74, 6) is 0.00941. The van der Waals surface area contributed by atoms with Gasteiger partial charge in [-0.3, -0.25) is 10.1 Å². The molecule has 150 valence electrons. The van der Waals surface area contributed by atoms with Gasteiger partial charge in [0, 0.05) is 47.5 Å². The number of hydrogen-bond donors (Lipinski definition) is 2. The average Bonchev–Trinajstić information content (AvgIpc) is 3.35. The van der Waals surface area contributed by atoms with Gasteiger partial charge in [-0.25, -0.2) is 9.78 Å². The van der Waals surface area contributed by atoms with Gasteiger partial charge in [-0.15, -0.1) is 0 Å². The van der Waals surface area contributed by atoms with E-state index in [9.17, 15) is 9.59 Å². The molecule has 2 aromatic heterocycles. The molecule has 2 N–H and O–H groups in total. The van der Waals surface area contributed by atoms with Crippen molar-refractivity contribution in [3.8, 4) is 5.69 Å².